The molecular formula is C37H55N3O4S. The Labute approximate surface area is 272 Å². The van der Waals surface area contributed by atoms with Crippen LogP contribution in [0.5, 0.6) is 0 Å². The lowest BCUT2D eigenvalue weighted by Gasteiger charge is -2.45. The molecule has 1 amide bonds. The molecule has 2 aromatic rings. The normalized spacial score (nSPS) is 27.8. The Morgan fingerprint density at radius 2 is 1.56 bits per heavy atom. The molecule has 8 heteroatoms. The molecule has 0 bridgehead atoms. The molecule has 0 N–H and O–H groups in total. The molecule has 1 saturated heterocycles. The molecule has 3 unspecified atom stereocenters. The van der Waals surface area contributed by atoms with Gasteiger partial charge in [0.1, 0.15) is 6.61 Å². The number of amides is 1. The summed E-state index contributed by atoms with van der Waals surface area (Å²) in [5, 5.41) is 0. The van der Waals surface area contributed by atoms with Crippen molar-refractivity contribution in [2.75, 3.05) is 32.4 Å². The highest BCUT2D eigenvalue weighted by Gasteiger charge is 2.46. The number of sulfonamides is 1. The van der Waals surface area contributed by atoms with E-state index in [4.69, 9.17) is 4.74 Å². The van der Waals surface area contributed by atoms with Gasteiger partial charge in [0.2, 0.25) is 10.0 Å². The number of carbonyl (C=O) groups excluding carboxylic acids is 1. The van der Waals surface area contributed by atoms with Crippen LogP contribution in [0.15, 0.2) is 60.7 Å². The first-order valence-corrected chi connectivity index (χ1v) is 19.0. The standard InChI is InChI=1S/C37H55N3O4S/c1-6-39(36(41)44-27-29-13-9-7-10-14-29)32-17-19-38(20-18-32)26-31-22-33(23-35(31)30-15-11-8-12-16-30)40(45(5,42)43)34-21-28(2)24-37(3,4)25-34/h7-16,28,31-35H,6,17-27H2,1-5H3/t28?,31-,33?,34?,35-/m1/s1. The summed E-state index contributed by atoms with van der Waals surface area (Å²) in [6, 6.07) is 20.8. The molecule has 3 fully saturated rings. The van der Waals surface area contributed by atoms with Crippen LogP contribution in [0, 0.1) is 17.3 Å². The molecule has 5 rings (SSSR count). The van der Waals surface area contributed by atoms with Crippen LogP contribution >= 0.6 is 0 Å². The highest BCUT2D eigenvalue weighted by Crippen LogP contribution is 2.47. The molecule has 2 aliphatic carbocycles. The zero-order valence-corrected chi connectivity index (χ0v) is 28.9. The van der Waals surface area contributed by atoms with Crippen LogP contribution in [-0.4, -0.2) is 79.2 Å². The number of hydrogen-bond donors (Lipinski definition) is 0. The van der Waals surface area contributed by atoms with Gasteiger partial charge in [0.15, 0.2) is 0 Å². The number of piperidine rings is 1. The third-order valence-electron chi connectivity index (χ3n) is 10.6. The van der Waals surface area contributed by atoms with Crippen molar-refractivity contribution in [2.24, 2.45) is 17.3 Å². The summed E-state index contributed by atoms with van der Waals surface area (Å²) in [6.07, 6.45) is 7.83. The summed E-state index contributed by atoms with van der Waals surface area (Å²) in [7, 11) is -3.36. The zero-order valence-electron chi connectivity index (χ0n) is 28.1. The predicted molar refractivity (Wildman–Crippen MR) is 181 cm³/mol. The van der Waals surface area contributed by atoms with Crippen molar-refractivity contribution in [1.82, 2.24) is 14.1 Å². The first-order chi connectivity index (χ1) is 21.4. The summed E-state index contributed by atoms with van der Waals surface area (Å²) >= 11 is 0. The second-order valence-corrected chi connectivity index (χ2v) is 16.8. The molecular weight excluding hydrogens is 582 g/mol. The van der Waals surface area contributed by atoms with Gasteiger partial charge < -0.3 is 14.5 Å². The topological polar surface area (TPSA) is 70.2 Å². The van der Waals surface area contributed by atoms with Gasteiger partial charge in [-0.2, -0.15) is 4.31 Å². The summed E-state index contributed by atoms with van der Waals surface area (Å²) in [6.45, 7) is 12.7. The van der Waals surface area contributed by atoms with Crippen LogP contribution in [0.2, 0.25) is 0 Å². The quantitative estimate of drug-likeness (QED) is 0.277. The van der Waals surface area contributed by atoms with Crippen molar-refractivity contribution in [3.63, 3.8) is 0 Å². The van der Waals surface area contributed by atoms with E-state index in [1.807, 2.05) is 46.5 Å². The van der Waals surface area contributed by atoms with Gasteiger partial charge >= 0.3 is 6.09 Å². The molecule has 0 aromatic heterocycles. The van der Waals surface area contributed by atoms with Gasteiger partial charge in [-0.15, -0.1) is 0 Å². The van der Waals surface area contributed by atoms with E-state index in [0.717, 1.165) is 70.1 Å². The van der Waals surface area contributed by atoms with Crippen molar-refractivity contribution in [1.29, 1.82) is 0 Å². The smallest absolute Gasteiger partial charge is 0.410 e. The number of carbonyl (C=O) groups is 1. The molecule has 0 radical (unpaired) electrons. The number of benzene rings is 2. The summed E-state index contributed by atoms with van der Waals surface area (Å²) < 4.78 is 34.6. The minimum Gasteiger partial charge on any atom is -0.445 e. The molecule has 45 heavy (non-hydrogen) atoms. The maximum absolute atomic E-state index is 13.5. The lowest BCUT2D eigenvalue weighted by atomic mass is 9.70. The maximum Gasteiger partial charge on any atom is 0.410 e. The van der Waals surface area contributed by atoms with E-state index >= 15 is 0 Å². The van der Waals surface area contributed by atoms with E-state index in [2.05, 4.69) is 56.0 Å². The number of nitrogens with zero attached hydrogens (tertiary/aromatic N) is 3. The third kappa shape index (κ3) is 8.69. The molecule has 5 atom stereocenters. The van der Waals surface area contributed by atoms with E-state index < -0.39 is 10.0 Å². The molecule has 0 spiro atoms. The van der Waals surface area contributed by atoms with Crippen LogP contribution < -0.4 is 0 Å². The molecule has 248 valence electrons. The fourth-order valence-corrected chi connectivity index (χ4v) is 10.4. The minimum atomic E-state index is -3.36. The largest absolute Gasteiger partial charge is 0.445 e. The monoisotopic (exact) mass is 637 g/mol. The van der Waals surface area contributed by atoms with Crippen LogP contribution in [0.1, 0.15) is 89.7 Å². The maximum atomic E-state index is 13.5. The zero-order chi connectivity index (χ0) is 32.2. The van der Waals surface area contributed by atoms with Crippen LogP contribution in [-0.2, 0) is 21.4 Å². The first kappa shape index (κ1) is 33.9. The fraction of sp³-hybridized carbons (Fsp3) is 0.649. The molecule has 1 aliphatic heterocycles. The van der Waals surface area contributed by atoms with Gasteiger partial charge in [0, 0.05) is 44.3 Å². The Kier molecular flexibility index (Phi) is 11.0. The average Bonchev–Trinajstić information content (AvgIpc) is 3.39. The van der Waals surface area contributed by atoms with Gasteiger partial charge in [-0.3, -0.25) is 0 Å². The Morgan fingerprint density at radius 3 is 2.16 bits per heavy atom. The second-order valence-electron chi connectivity index (χ2n) is 14.9. The average molecular weight is 638 g/mol. The lowest BCUT2D eigenvalue weighted by molar-refractivity contribution is 0.0597. The van der Waals surface area contributed by atoms with E-state index in [1.54, 1.807) is 0 Å². The van der Waals surface area contributed by atoms with Crippen molar-refractivity contribution in [2.45, 2.75) is 103 Å². The first-order valence-electron chi connectivity index (χ1n) is 17.2. The van der Waals surface area contributed by atoms with Gasteiger partial charge in [-0.1, -0.05) is 81.4 Å². The molecule has 2 saturated carbocycles. The lowest BCUT2D eigenvalue weighted by Crippen LogP contribution is -2.50. The van der Waals surface area contributed by atoms with Crippen molar-refractivity contribution >= 4 is 16.1 Å². The van der Waals surface area contributed by atoms with Crippen molar-refractivity contribution in [3.8, 4) is 0 Å². The van der Waals surface area contributed by atoms with Crippen LogP contribution in [0.4, 0.5) is 4.79 Å². The number of rotatable bonds is 10. The molecule has 7 nitrogen and oxygen atoms in total. The second kappa shape index (κ2) is 14.6. The molecule has 3 aliphatic rings. The number of hydrogen-bond acceptors (Lipinski definition) is 5. The Hall–Kier alpha value is -2.42. The predicted octanol–water partition coefficient (Wildman–Crippen LogP) is 7.15. The van der Waals surface area contributed by atoms with Gasteiger partial charge in [-0.25, -0.2) is 13.2 Å². The van der Waals surface area contributed by atoms with E-state index in [-0.39, 0.29) is 29.6 Å². The number of ether oxygens (including phenoxy) is 1. The summed E-state index contributed by atoms with van der Waals surface area (Å²) in [5.41, 5.74) is 2.46. The van der Waals surface area contributed by atoms with E-state index in [0.29, 0.717) is 30.9 Å². The summed E-state index contributed by atoms with van der Waals surface area (Å²) in [5.74, 6) is 1.22. The number of likely N-dealkylation sites (tertiary alicyclic amines) is 1. The van der Waals surface area contributed by atoms with E-state index in [1.165, 1.54) is 11.8 Å². The fourth-order valence-electron chi connectivity index (χ4n) is 9.03. The van der Waals surface area contributed by atoms with E-state index in [9.17, 15) is 13.2 Å². The molecule has 1 heterocycles. The Bertz CT molecular complexity index is 1340. The van der Waals surface area contributed by atoms with Gasteiger partial charge in [0.05, 0.1) is 6.26 Å². The third-order valence-corrected chi connectivity index (χ3v) is 12.0. The molecule has 2 aromatic carbocycles. The Morgan fingerprint density at radius 1 is 0.911 bits per heavy atom. The van der Waals surface area contributed by atoms with Crippen molar-refractivity contribution < 1.29 is 17.9 Å². The Balaban J connectivity index is 1.25. The summed E-state index contributed by atoms with van der Waals surface area (Å²) in [4.78, 5) is 17.5. The highest BCUT2D eigenvalue weighted by atomic mass is 32.2. The van der Waals surface area contributed by atoms with Crippen LogP contribution in [0.3, 0.4) is 0 Å². The van der Waals surface area contributed by atoms with Gasteiger partial charge in [-0.05, 0) is 86.2 Å². The van der Waals surface area contributed by atoms with Gasteiger partial charge in [0.25, 0.3) is 0 Å². The van der Waals surface area contributed by atoms with Crippen molar-refractivity contribution in [3.05, 3.63) is 71.8 Å². The SMILES string of the molecule is CCN(C(=O)OCc1ccccc1)C1CCN(C[C@H]2CC(N(C3CC(C)CC(C)(C)C3)S(C)(=O)=O)C[C@@H]2c2ccccc2)CC1. The van der Waals surface area contributed by atoms with Crippen LogP contribution in [0.25, 0.3) is 0 Å². The minimum absolute atomic E-state index is 0.0220. The highest BCUT2D eigenvalue weighted by molar-refractivity contribution is 7.88.